The summed E-state index contributed by atoms with van der Waals surface area (Å²) in [7, 11) is 0. The molecule has 0 radical (unpaired) electrons. The van der Waals surface area contributed by atoms with Crippen molar-refractivity contribution in [1.82, 2.24) is 9.13 Å². The predicted octanol–water partition coefficient (Wildman–Crippen LogP) is 22.5. The van der Waals surface area contributed by atoms with Crippen molar-refractivity contribution in [2.75, 3.05) is 9.80 Å². The van der Waals surface area contributed by atoms with Crippen LogP contribution in [0.3, 0.4) is 0 Å². The number of aryl methyl sites for hydroxylation is 6. The lowest BCUT2D eigenvalue weighted by Gasteiger charge is -2.34. The van der Waals surface area contributed by atoms with E-state index in [9.17, 15) is 0 Å². The fourth-order valence-electron chi connectivity index (χ4n) is 15.8. The molecule has 0 spiro atoms. The zero-order valence-electron chi connectivity index (χ0n) is 50.3. The molecular weight excluding hydrogens is 1040 g/mol. The molecule has 2 aliphatic rings. The van der Waals surface area contributed by atoms with Gasteiger partial charge in [0.1, 0.15) is 0 Å². The van der Waals surface area contributed by atoms with Gasteiger partial charge in [0, 0.05) is 55.1 Å². The van der Waals surface area contributed by atoms with Crippen LogP contribution in [-0.2, 0) is 51.4 Å². The highest BCUT2D eigenvalue weighted by Gasteiger charge is 2.31. The zero-order chi connectivity index (χ0) is 57.6. The van der Waals surface area contributed by atoms with E-state index >= 15 is 0 Å². The molecular formula is C82H74N4. The van der Waals surface area contributed by atoms with Crippen molar-refractivity contribution in [3.63, 3.8) is 0 Å². The Balaban J connectivity index is 1.02. The van der Waals surface area contributed by atoms with Crippen LogP contribution in [0.25, 0.3) is 87.3 Å². The molecule has 0 aliphatic heterocycles. The van der Waals surface area contributed by atoms with Crippen LogP contribution >= 0.6 is 0 Å². The summed E-state index contributed by atoms with van der Waals surface area (Å²) >= 11 is 0. The van der Waals surface area contributed by atoms with Gasteiger partial charge in [-0.1, -0.05) is 162 Å². The van der Waals surface area contributed by atoms with Gasteiger partial charge in [-0.05, 0) is 228 Å². The van der Waals surface area contributed by atoms with Gasteiger partial charge in [-0.25, -0.2) is 0 Å². The lowest BCUT2D eigenvalue weighted by atomic mass is 9.85. The van der Waals surface area contributed by atoms with E-state index in [2.05, 4.69) is 253 Å². The third-order valence-corrected chi connectivity index (χ3v) is 19.8. The van der Waals surface area contributed by atoms with Crippen molar-refractivity contribution in [1.29, 1.82) is 0 Å². The third-order valence-electron chi connectivity index (χ3n) is 19.8. The number of nitrogens with zero attached hydrogens (tertiary/aromatic N) is 4. The number of hydrogen-bond acceptors (Lipinski definition) is 2. The summed E-state index contributed by atoms with van der Waals surface area (Å²) in [5.74, 6) is 0. The molecule has 0 atom stereocenters. The quantitative estimate of drug-likeness (QED) is 0.101. The Morgan fingerprint density at radius 1 is 0.314 bits per heavy atom. The molecule has 4 nitrogen and oxygen atoms in total. The fourth-order valence-corrected chi connectivity index (χ4v) is 15.8. The van der Waals surface area contributed by atoms with Crippen LogP contribution in [0.4, 0.5) is 34.1 Å². The van der Waals surface area contributed by atoms with Crippen LogP contribution in [0.1, 0.15) is 111 Å². The molecule has 422 valence electrons. The first-order valence-electron chi connectivity index (χ1n) is 32.3. The molecule has 12 aromatic carbocycles. The van der Waals surface area contributed by atoms with Gasteiger partial charge in [-0.2, -0.15) is 0 Å². The molecule has 0 unspecified atom stereocenters. The lowest BCUT2D eigenvalue weighted by molar-refractivity contribution is 0.686. The van der Waals surface area contributed by atoms with Crippen molar-refractivity contribution in [3.8, 4) is 11.4 Å². The number of rotatable bonds is 14. The molecule has 2 aromatic heterocycles. The van der Waals surface area contributed by atoms with Gasteiger partial charge in [-0.3, -0.25) is 0 Å². The summed E-state index contributed by atoms with van der Waals surface area (Å²) in [6.45, 7) is 9.21. The van der Waals surface area contributed by atoms with E-state index in [1.807, 2.05) is 0 Å². The molecule has 0 amide bonds. The van der Waals surface area contributed by atoms with Gasteiger partial charge in [0.2, 0.25) is 0 Å². The van der Waals surface area contributed by atoms with E-state index in [-0.39, 0.29) is 0 Å². The summed E-state index contributed by atoms with van der Waals surface area (Å²) in [5.41, 5.74) is 26.3. The normalized spacial score (nSPS) is 13.5. The highest BCUT2D eigenvalue weighted by atomic mass is 15.2. The first-order valence-corrected chi connectivity index (χ1v) is 32.3. The van der Waals surface area contributed by atoms with Gasteiger partial charge < -0.3 is 18.9 Å². The first kappa shape index (κ1) is 52.4. The van der Waals surface area contributed by atoms with Crippen LogP contribution in [0, 0.1) is 0 Å². The van der Waals surface area contributed by atoms with E-state index in [0.717, 1.165) is 64.2 Å². The van der Waals surface area contributed by atoms with E-state index < -0.39 is 0 Å². The Morgan fingerprint density at radius 2 is 0.698 bits per heavy atom. The Bertz CT molecular complexity index is 4620. The SMILES string of the molecule is CCCc1cc(N(c2cccc3c2CCCC3)c2cccc3c2c2ccccc2n3-c2ccc(CC)cc2)c2ccc3c(CCC)cc(N(c4cccc5c4CCCC5)c4cccc5c4c4ccccc4n5-c4ccc(CC)cc4)c4ccc1c2c34. The number of fused-ring (bicyclic) bond motifs is 8. The monoisotopic (exact) mass is 1110 g/mol. The van der Waals surface area contributed by atoms with Crippen LogP contribution in [-0.4, -0.2) is 9.13 Å². The van der Waals surface area contributed by atoms with E-state index in [0.29, 0.717) is 0 Å². The lowest BCUT2D eigenvalue weighted by Crippen LogP contribution is -2.17. The second-order valence-corrected chi connectivity index (χ2v) is 24.7. The van der Waals surface area contributed by atoms with Crippen molar-refractivity contribution in [2.24, 2.45) is 0 Å². The molecule has 2 aliphatic carbocycles. The molecule has 0 saturated carbocycles. The van der Waals surface area contributed by atoms with Crippen molar-refractivity contribution >= 4 is 110 Å². The minimum atomic E-state index is 0.976. The molecule has 0 fully saturated rings. The van der Waals surface area contributed by atoms with E-state index in [1.54, 1.807) is 0 Å². The molecule has 0 bridgehead atoms. The molecule has 4 heteroatoms. The molecule has 14 aromatic rings. The molecule has 2 heterocycles. The standard InChI is InChI=1S/C82H74N4/c1-5-21-57-51-77(85(69-33-17-25-55-23-9-11-27-61(55)69)75-37-19-35-73-81(75)65-29-13-15-31-71(65)83(73)59-43-39-53(7-3)40-44-59)67-50-48-64-58(22-6-2)52-78(68-49-47-63(57)79(67)80(64)68)86(70-34-18-26-56-24-10-12-28-62(56)70)76-38-20-36-74-82(76)66-30-14-16-32-72(66)84(74)60-45-41-54(8-4)42-46-60/h13-20,25-26,29-52H,5-12,21-24,27-28H2,1-4H3. The van der Waals surface area contributed by atoms with Crippen LogP contribution in [0.2, 0.25) is 0 Å². The van der Waals surface area contributed by atoms with Gasteiger partial charge >= 0.3 is 0 Å². The summed E-state index contributed by atoms with van der Waals surface area (Å²) in [4.78, 5) is 5.47. The number of para-hydroxylation sites is 2. The van der Waals surface area contributed by atoms with E-state index in [1.165, 1.54) is 192 Å². The Hall–Kier alpha value is -9.12. The third kappa shape index (κ3) is 8.23. The maximum atomic E-state index is 2.73. The Morgan fingerprint density at radius 3 is 1.13 bits per heavy atom. The Kier molecular flexibility index (Phi) is 13.1. The highest BCUT2D eigenvalue weighted by Crippen LogP contribution is 2.54. The average Bonchev–Trinajstić information content (AvgIpc) is 1.15. The molecule has 0 saturated heterocycles. The van der Waals surface area contributed by atoms with Crippen molar-refractivity contribution < 1.29 is 0 Å². The minimum Gasteiger partial charge on any atom is -0.309 e. The largest absolute Gasteiger partial charge is 0.309 e. The summed E-state index contributed by atoms with van der Waals surface area (Å²) < 4.78 is 5.01. The van der Waals surface area contributed by atoms with Crippen LogP contribution in [0.5, 0.6) is 0 Å². The fraction of sp³-hybridized carbons (Fsp3) is 0.220. The zero-order valence-corrected chi connectivity index (χ0v) is 50.3. The second-order valence-electron chi connectivity index (χ2n) is 24.7. The maximum Gasteiger partial charge on any atom is 0.0562 e. The Labute approximate surface area is 505 Å². The van der Waals surface area contributed by atoms with Gasteiger partial charge in [0.05, 0.1) is 44.8 Å². The predicted molar refractivity (Wildman–Crippen MR) is 368 cm³/mol. The molecule has 86 heavy (non-hydrogen) atoms. The summed E-state index contributed by atoms with van der Waals surface area (Å²) in [6.07, 6.45) is 15.3. The summed E-state index contributed by atoms with van der Waals surface area (Å²) in [6, 6.07) is 80.6. The number of anilines is 6. The van der Waals surface area contributed by atoms with Crippen LogP contribution < -0.4 is 9.80 Å². The van der Waals surface area contributed by atoms with Crippen molar-refractivity contribution in [2.45, 2.75) is 118 Å². The smallest absolute Gasteiger partial charge is 0.0562 e. The topological polar surface area (TPSA) is 16.3 Å². The van der Waals surface area contributed by atoms with Gasteiger partial charge in [0.25, 0.3) is 0 Å². The van der Waals surface area contributed by atoms with Gasteiger partial charge in [-0.15, -0.1) is 0 Å². The first-order chi connectivity index (χ1) is 42.5. The average molecular weight is 1120 g/mol. The van der Waals surface area contributed by atoms with Crippen molar-refractivity contribution in [3.05, 3.63) is 251 Å². The number of benzene rings is 12. The maximum absolute atomic E-state index is 2.73. The number of aromatic nitrogens is 2. The van der Waals surface area contributed by atoms with E-state index in [4.69, 9.17) is 0 Å². The molecule has 16 rings (SSSR count). The number of hydrogen-bond donors (Lipinski definition) is 0. The molecule has 0 N–H and O–H groups in total. The second kappa shape index (κ2) is 21.4. The van der Waals surface area contributed by atoms with Crippen LogP contribution in [0.15, 0.2) is 206 Å². The van der Waals surface area contributed by atoms with Gasteiger partial charge in [0.15, 0.2) is 0 Å². The minimum absolute atomic E-state index is 0.976. The highest BCUT2D eigenvalue weighted by molar-refractivity contribution is 6.30. The summed E-state index contributed by atoms with van der Waals surface area (Å²) in [5, 5.41) is 13.2.